The second-order valence-corrected chi connectivity index (χ2v) is 3.22. The summed E-state index contributed by atoms with van der Waals surface area (Å²) in [6.07, 6.45) is -10.8. The zero-order chi connectivity index (χ0) is 15.3. The number of hydrogen-bond donors (Lipinski definition) is 1. The lowest BCUT2D eigenvalue weighted by Crippen LogP contribution is -2.57. The fourth-order valence-electron chi connectivity index (χ4n) is 0.813. The Labute approximate surface area is 102 Å². The zero-order valence-corrected chi connectivity index (χ0v) is 9.19. The quantitative estimate of drug-likeness (QED) is 0.551. The summed E-state index contributed by atoms with van der Waals surface area (Å²) in [6.45, 7) is -2.24. The molecule has 0 aromatic heterocycles. The van der Waals surface area contributed by atoms with Crippen LogP contribution in [-0.2, 0) is 9.47 Å². The average molecular weight is 306 g/mol. The van der Waals surface area contributed by atoms with Gasteiger partial charge in [-0.2, -0.15) is 30.7 Å². The van der Waals surface area contributed by atoms with Crippen LogP contribution in [0.2, 0.25) is 0 Å². The van der Waals surface area contributed by atoms with Gasteiger partial charge < -0.3 is 14.6 Å². The third kappa shape index (κ3) is 4.42. The molecule has 3 nitrogen and oxygen atoms in total. The van der Waals surface area contributed by atoms with E-state index in [0.29, 0.717) is 0 Å². The van der Waals surface area contributed by atoms with Crippen LogP contribution < -0.4 is 0 Å². The molecule has 0 aliphatic carbocycles. The smallest absolute Gasteiger partial charge is 0.394 e. The number of ether oxygens (including phenoxy) is 2. The van der Waals surface area contributed by atoms with Crippen molar-refractivity contribution in [1.29, 1.82) is 0 Å². The molecule has 1 N–H and O–H groups in total. The van der Waals surface area contributed by atoms with Crippen molar-refractivity contribution < 1.29 is 49.7 Å². The highest BCUT2D eigenvalue weighted by atomic mass is 19.4. The minimum absolute atomic E-state index is 0.255. The van der Waals surface area contributed by atoms with E-state index in [1.165, 1.54) is 0 Å². The minimum Gasteiger partial charge on any atom is -0.394 e. The molecule has 19 heavy (non-hydrogen) atoms. The molecule has 0 amide bonds. The highest BCUT2D eigenvalue weighted by Crippen LogP contribution is 2.48. The molecule has 0 aromatic carbocycles. The van der Waals surface area contributed by atoms with Gasteiger partial charge >= 0.3 is 18.0 Å². The Kier molecular flexibility index (Phi) is 6.42. The number of alkyl halides is 8. The van der Waals surface area contributed by atoms with E-state index < -0.39 is 44.2 Å². The Bertz CT molecular complexity index is 267. The molecular weight excluding hydrogens is 296 g/mol. The normalized spacial score (nSPS) is 15.6. The lowest BCUT2D eigenvalue weighted by molar-refractivity contribution is -0.386. The summed E-state index contributed by atoms with van der Waals surface area (Å²) in [6, 6.07) is 0. The van der Waals surface area contributed by atoms with Crippen LogP contribution in [0.5, 0.6) is 0 Å². The Morgan fingerprint density at radius 3 is 1.84 bits per heavy atom. The van der Waals surface area contributed by atoms with E-state index in [1.807, 2.05) is 0 Å². The van der Waals surface area contributed by atoms with Gasteiger partial charge in [-0.25, -0.2) is 4.39 Å². The van der Waals surface area contributed by atoms with Crippen LogP contribution in [0, 0.1) is 0 Å². The molecule has 0 aliphatic heterocycles. The first-order valence-corrected chi connectivity index (χ1v) is 4.75. The lowest BCUT2D eigenvalue weighted by Gasteiger charge is -2.29. The topological polar surface area (TPSA) is 38.7 Å². The molecule has 0 saturated heterocycles. The van der Waals surface area contributed by atoms with E-state index in [1.54, 1.807) is 0 Å². The second-order valence-electron chi connectivity index (χ2n) is 3.22. The molecule has 0 radical (unpaired) electrons. The van der Waals surface area contributed by atoms with Crippen LogP contribution in [-0.4, -0.2) is 55.9 Å². The van der Waals surface area contributed by atoms with Gasteiger partial charge in [0.2, 0.25) is 0 Å². The van der Waals surface area contributed by atoms with E-state index in [4.69, 9.17) is 5.11 Å². The average Bonchev–Trinajstić information content (AvgIpc) is 2.26. The highest BCUT2D eigenvalue weighted by molar-refractivity contribution is 4.93. The number of aliphatic hydroxyl groups is 1. The third-order valence-electron chi connectivity index (χ3n) is 1.79. The monoisotopic (exact) mass is 306 g/mol. The van der Waals surface area contributed by atoms with Gasteiger partial charge in [0.1, 0.15) is 0 Å². The molecule has 0 bridgehead atoms. The first kappa shape index (κ1) is 18.3. The fraction of sp³-hybridized carbons (Fsp3) is 1.00. The SMILES string of the molecule is OCCOCCOC(F)C(F)(F)C(F)(F)C(F)(F)F. The standard InChI is InChI=1S/C8H10F8O3/c9-5(19-4-3-18-2-1-17)6(10,11)7(12,13)8(14,15)16/h5,17H,1-4H2. The maximum absolute atomic E-state index is 12.7. The van der Waals surface area contributed by atoms with Crippen LogP contribution in [0.1, 0.15) is 0 Å². The van der Waals surface area contributed by atoms with Crippen molar-refractivity contribution in [3.8, 4) is 0 Å². The molecule has 0 spiro atoms. The van der Waals surface area contributed by atoms with Gasteiger partial charge in [-0.1, -0.05) is 0 Å². The molecule has 116 valence electrons. The number of hydrogen-bond acceptors (Lipinski definition) is 3. The number of halogens is 8. The van der Waals surface area contributed by atoms with Gasteiger partial charge in [0.25, 0.3) is 6.36 Å². The van der Waals surface area contributed by atoms with Crippen LogP contribution in [0.4, 0.5) is 35.1 Å². The molecule has 1 unspecified atom stereocenters. The van der Waals surface area contributed by atoms with Crippen molar-refractivity contribution in [2.24, 2.45) is 0 Å². The molecular formula is C8H10F8O3. The van der Waals surface area contributed by atoms with E-state index in [9.17, 15) is 35.1 Å². The first-order valence-electron chi connectivity index (χ1n) is 4.75. The first-order chi connectivity index (χ1) is 8.48. The zero-order valence-electron chi connectivity index (χ0n) is 9.19. The summed E-state index contributed by atoms with van der Waals surface area (Å²) in [4.78, 5) is 0. The molecule has 11 heteroatoms. The van der Waals surface area contributed by atoms with Gasteiger partial charge in [0.15, 0.2) is 0 Å². The predicted octanol–water partition coefficient (Wildman–Crippen LogP) is 2.14. The van der Waals surface area contributed by atoms with Crippen LogP contribution in [0.15, 0.2) is 0 Å². The Morgan fingerprint density at radius 2 is 1.42 bits per heavy atom. The van der Waals surface area contributed by atoms with Crippen LogP contribution >= 0.6 is 0 Å². The van der Waals surface area contributed by atoms with Crippen molar-refractivity contribution in [2.45, 2.75) is 24.4 Å². The maximum Gasteiger partial charge on any atom is 0.460 e. The second kappa shape index (κ2) is 6.66. The van der Waals surface area contributed by atoms with Gasteiger partial charge in [0.05, 0.1) is 26.4 Å². The Morgan fingerprint density at radius 1 is 0.895 bits per heavy atom. The Hall–Kier alpha value is -0.680. The van der Waals surface area contributed by atoms with Crippen molar-refractivity contribution in [3.05, 3.63) is 0 Å². The van der Waals surface area contributed by atoms with Crippen molar-refractivity contribution in [1.82, 2.24) is 0 Å². The number of aliphatic hydroxyl groups excluding tert-OH is 1. The molecule has 0 heterocycles. The molecule has 1 atom stereocenters. The highest BCUT2D eigenvalue weighted by Gasteiger charge is 2.76. The predicted molar refractivity (Wildman–Crippen MR) is 44.7 cm³/mol. The van der Waals surface area contributed by atoms with Crippen molar-refractivity contribution in [2.75, 3.05) is 26.4 Å². The van der Waals surface area contributed by atoms with E-state index in [-0.39, 0.29) is 6.61 Å². The summed E-state index contributed by atoms with van der Waals surface area (Å²) < 4.78 is 106. The van der Waals surface area contributed by atoms with Gasteiger partial charge in [-0.15, -0.1) is 0 Å². The molecule has 0 aliphatic rings. The molecule has 0 rings (SSSR count). The summed E-state index contributed by atoms with van der Waals surface area (Å²) in [5.74, 6) is -12.6. The van der Waals surface area contributed by atoms with Gasteiger partial charge in [0, 0.05) is 0 Å². The van der Waals surface area contributed by atoms with Crippen LogP contribution in [0.25, 0.3) is 0 Å². The largest absolute Gasteiger partial charge is 0.460 e. The number of rotatable bonds is 8. The van der Waals surface area contributed by atoms with Crippen molar-refractivity contribution >= 4 is 0 Å². The molecule has 0 aromatic rings. The maximum atomic E-state index is 12.7. The van der Waals surface area contributed by atoms with Gasteiger partial charge in [-0.05, 0) is 0 Å². The van der Waals surface area contributed by atoms with E-state index >= 15 is 0 Å². The summed E-state index contributed by atoms with van der Waals surface area (Å²) in [7, 11) is 0. The van der Waals surface area contributed by atoms with Gasteiger partial charge in [-0.3, -0.25) is 0 Å². The fourth-order valence-corrected chi connectivity index (χ4v) is 0.813. The Balaban J connectivity index is 4.47. The lowest BCUT2D eigenvalue weighted by atomic mass is 10.1. The molecule has 0 fully saturated rings. The summed E-state index contributed by atoms with van der Waals surface area (Å²) >= 11 is 0. The van der Waals surface area contributed by atoms with E-state index in [2.05, 4.69) is 9.47 Å². The minimum atomic E-state index is -6.61. The van der Waals surface area contributed by atoms with Crippen molar-refractivity contribution in [3.63, 3.8) is 0 Å². The van der Waals surface area contributed by atoms with Crippen LogP contribution in [0.3, 0.4) is 0 Å². The summed E-state index contributed by atoms with van der Waals surface area (Å²) in [5, 5.41) is 8.22. The molecule has 0 saturated carbocycles. The summed E-state index contributed by atoms with van der Waals surface area (Å²) in [5.41, 5.74) is 0. The third-order valence-corrected chi connectivity index (χ3v) is 1.79. The van der Waals surface area contributed by atoms with E-state index in [0.717, 1.165) is 0 Å².